The summed E-state index contributed by atoms with van der Waals surface area (Å²) >= 11 is 0. The van der Waals surface area contributed by atoms with Crippen molar-refractivity contribution >= 4 is 23.2 Å². The van der Waals surface area contributed by atoms with E-state index in [4.69, 9.17) is 9.72 Å². The van der Waals surface area contributed by atoms with Gasteiger partial charge in [-0.2, -0.15) is 0 Å². The van der Waals surface area contributed by atoms with E-state index in [1.165, 1.54) is 0 Å². The molecule has 2 unspecified atom stereocenters. The van der Waals surface area contributed by atoms with Crippen LogP contribution < -0.4 is 15.3 Å². The number of carbonyl (C=O) groups excluding carboxylic acids is 1. The van der Waals surface area contributed by atoms with Crippen molar-refractivity contribution in [3.05, 3.63) is 71.9 Å². The van der Waals surface area contributed by atoms with Crippen molar-refractivity contribution in [2.24, 2.45) is 0 Å². The Morgan fingerprint density at radius 3 is 2.58 bits per heavy atom. The fraction of sp³-hybridized carbons (Fsp3) is 0.308. The van der Waals surface area contributed by atoms with Gasteiger partial charge in [0, 0.05) is 24.3 Å². The highest BCUT2D eigenvalue weighted by molar-refractivity contribution is 5.92. The molecule has 0 saturated carbocycles. The summed E-state index contributed by atoms with van der Waals surface area (Å²) in [5.41, 5.74) is 8.81. The number of para-hydroxylation sites is 1. The molecule has 1 aromatic heterocycles. The highest BCUT2D eigenvalue weighted by Gasteiger charge is 2.32. The molecular weight excluding hydrogens is 416 g/mol. The maximum absolute atomic E-state index is 12.7. The van der Waals surface area contributed by atoms with Crippen molar-refractivity contribution in [2.45, 2.75) is 32.4 Å². The van der Waals surface area contributed by atoms with Gasteiger partial charge in [-0.3, -0.25) is 5.01 Å². The van der Waals surface area contributed by atoms with Gasteiger partial charge in [-0.05, 0) is 61.7 Å². The summed E-state index contributed by atoms with van der Waals surface area (Å²) in [6.07, 6.45) is 0.525. The number of aliphatic hydroxyl groups is 1. The Morgan fingerprint density at radius 2 is 1.91 bits per heavy atom. The molecule has 0 amide bonds. The number of ether oxygens (including phenoxy) is 1. The van der Waals surface area contributed by atoms with Gasteiger partial charge in [0.1, 0.15) is 0 Å². The highest BCUT2D eigenvalue weighted by Crippen LogP contribution is 2.42. The van der Waals surface area contributed by atoms with Gasteiger partial charge >= 0.3 is 5.97 Å². The molecule has 2 atom stereocenters. The second-order valence-electron chi connectivity index (χ2n) is 8.47. The Hall–Kier alpha value is -3.42. The SMILES string of the molecule is CCOC(=O)c1cc(-c2ccc(N3CCC(O)C3)cc2)c2c(n1)N(c1ccccc1)NC2C. The van der Waals surface area contributed by atoms with E-state index in [1.807, 2.05) is 41.4 Å². The van der Waals surface area contributed by atoms with Gasteiger partial charge in [-0.1, -0.05) is 30.3 Å². The number of hydrazine groups is 1. The molecule has 0 spiro atoms. The number of rotatable bonds is 5. The fourth-order valence-electron chi connectivity index (χ4n) is 4.61. The number of benzene rings is 2. The number of β-amino-alcohol motifs (C(OH)–C–C–N with tert-alkyl or cyclic N) is 1. The summed E-state index contributed by atoms with van der Waals surface area (Å²) in [4.78, 5) is 19.6. The Labute approximate surface area is 193 Å². The predicted octanol–water partition coefficient (Wildman–Crippen LogP) is 4.21. The molecule has 0 aliphatic carbocycles. The van der Waals surface area contributed by atoms with Gasteiger partial charge < -0.3 is 14.7 Å². The van der Waals surface area contributed by atoms with Crippen LogP contribution in [0.5, 0.6) is 0 Å². The lowest BCUT2D eigenvalue weighted by Gasteiger charge is -2.20. The van der Waals surface area contributed by atoms with E-state index >= 15 is 0 Å². The Balaban J connectivity index is 1.59. The molecule has 2 aliphatic heterocycles. The molecule has 3 aromatic rings. The van der Waals surface area contributed by atoms with E-state index in [9.17, 15) is 9.90 Å². The number of carbonyl (C=O) groups is 1. The van der Waals surface area contributed by atoms with Crippen molar-refractivity contribution < 1.29 is 14.6 Å². The summed E-state index contributed by atoms with van der Waals surface area (Å²) in [5.74, 6) is 0.276. The van der Waals surface area contributed by atoms with E-state index in [1.54, 1.807) is 6.92 Å². The van der Waals surface area contributed by atoms with Crippen molar-refractivity contribution in [1.82, 2.24) is 10.4 Å². The lowest BCUT2D eigenvalue weighted by molar-refractivity contribution is 0.0519. The predicted molar refractivity (Wildman–Crippen MR) is 129 cm³/mol. The zero-order valence-electron chi connectivity index (χ0n) is 18.9. The van der Waals surface area contributed by atoms with Gasteiger partial charge in [0.05, 0.1) is 24.4 Å². The van der Waals surface area contributed by atoms with Gasteiger partial charge in [0.25, 0.3) is 0 Å². The third-order valence-corrected chi connectivity index (χ3v) is 6.21. The topological polar surface area (TPSA) is 77.9 Å². The maximum Gasteiger partial charge on any atom is 0.357 e. The van der Waals surface area contributed by atoms with Crippen molar-refractivity contribution in [2.75, 3.05) is 29.6 Å². The Bertz CT molecular complexity index is 1150. The average Bonchev–Trinajstić information content (AvgIpc) is 3.42. The smallest absolute Gasteiger partial charge is 0.357 e. The summed E-state index contributed by atoms with van der Waals surface area (Å²) in [7, 11) is 0. The van der Waals surface area contributed by atoms with Crippen LogP contribution in [0.4, 0.5) is 17.2 Å². The molecule has 2 N–H and O–H groups in total. The molecular formula is C26H28N4O3. The van der Waals surface area contributed by atoms with Crippen LogP contribution in [0.2, 0.25) is 0 Å². The third kappa shape index (κ3) is 4.05. The van der Waals surface area contributed by atoms with Crippen LogP contribution in [-0.2, 0) is 4.74 Å². The van der Waals surface area contributed by atoms with Crippen molar-refractivity contribution in [3.63, 3.8) is 0 Å². The summed E-state index contributed by atoms with van der Waals surface area (Å²) < 4.78 is 5.27. The van der Waals surface area contributed by atoms with E-state index in [2.05, 4.69) is 41.5 Å². The lowest BCUT2D eigenvalue weighted by atomic mass is 9.96. The first-order chi connectivity index (χ1) is 16.0. The second kappa shape index (κ2) is 8.84. The van der Waals surface area contributed by atoms with Crippen LogP contribution in [0.3, 0.4) is 0 Å². The van der Waals surface area contributed by atoms with Gasteiger partial charge in [0.15, 0.2) is 11.5 Å². The molecule has 2 aromatic carbocycles. The van der Waals surface area contributed by atoms with Crippen LogP contribution in [0.25, 0.3) is 11.1 Å². The number of esters is 1. The van der Waals surface area contributed by atoms with Crippen molar-refractivity contribution in [3.8, 4) is 11.1 Å². The molecule has 170 valence electrons. The molecule has 1 saturated heterocycles. The number of aromatic nitrogens is 1. The normalized spacial score (nSPS) is 19.6. The minimum Gasteiger partial charge on any atom is -0.461 e. The minimum atomic E-state index is -0.434. The van der Waals surface area contributed by atoms with Crippen LogP contribution in [0, 0.1) is 0 Å². The summed E-state index contributed by atoms with van der Waals surface area (Å²) in [6, 6.07) is 20.1. The monoisotopic (exact) mass is 444 g/mol. The van der Waals surface area contributed by atoms with E-state index in [-0.39, 0.29) is 17.8 Å². The molecule has 33 heavy (non-hydrogen) atoms. The largest absolute Gasteiger partial charge is 0.461 e. The Kier molecular flexibility index (Phi) is 5.74. The highest BCUT2D eigenvalue weighted by atomic mass is 16.5. The number of nitrogens with zero attached hydrogens (tertiary/aromatic N) is 3. The van der Waals surface area contributed by atoms with Crippen LogP contribution in [-0.4, -0.2) is 41.9 Å². The first-order valence-corrected chi connectivity index (χ1v) is 11.4. The number of fused-ring (bicyclic) bond motifs is 1. The van der Waals surface area contributed by atoms with Crippen LogP contribution in [0.15, 0.2) is 60.7 Å². The van der Waals surface area contributed by atoms with Crippen molar-refractivity contribution in [1.29, 1.82) is 0 Å². The first-order valence-electron chi connectivity index (χ1n) is 11.4. The van der Waals surface area contributed by atoms with Crippen LogP contribution in [0.1, 0.15) is 42.4 Å². The number of pyridine rings is 1. The number of hydrogen-bond acceptors (Lipinski definition) is 7. The quantitative estimate of drug-likeness (QED) is 0.571. The van der Waals surface area contributed by atoms with E-state index in [0.29, 0.717) is 19.0 Å². The van der Waals surface area contributed by atoms with Gasteiger partial charge in [0.2, 0.25) is 0 Å². The molecule has 3 heterocycles. The van der Waals surface area contributed by atoms with Gasteiger partial charge in [-0.25, -0.2) is 15.2 Å². The zero-order chi connectivity index (χ0) is 22.9. The average molecular weight is 445 g/mol. The first kappa shape index (κ1) is 21.4. The standard InChI is InChI=1S/C26H28N4O3/c1-3-33-26(32)23-15-22(18-9-11-19(12-10-18)29-14-13-21(31)16-29)24-17(2)28-30(25(24)27-23)20-7-5-4-6-8-20/h4-12,15,17,21,28,31H,3,13-14,16H2,1-2H3. The zero-order valence-corrected chi connectivity index (χ0v) is 18.9. The van der Waals surface area contributed by atoms with Gasteiger partial charge in [-0.15, -0.1) is 0 Å². The third-order valence-electron chi connectivity index (χ3n) is 6.21. The van der Waals surface area contributed by atoms with E-state index in [0.717, 1.165) is 41.0 Å². The molecule has 7 heteroatoms. The van der Waals surface area contributed by atoms with E-state index < -0.39 is 5.97 Å². The molecule has 7 nitrogen and oxygen atoms in total. The minimum absolute atomic E-state index is 0.00681. The molecule has 2 aliphatic rings. The number of aliphatic hydroxyl groups excluding tert-OH is 1. The summed E-state index contributed by atoms with van der Waals surface area (Å²) in [5, 5.41) is 11.8. The Morgan fingerprint density at radius 1 is 1.15 bits per heavy atom. The number of nitrogens with one attached hydrogen (secondary N) is 1. The number of anilines is 3. The lowest BCUT2D eigenvalue weighted by Crippen LogP contribution is -2.29. The number of hydrogen-bond donors (Lipinski definition) is 2. The molecule has 5 rings (SSSR count). The molecule has 0 bridgehead atoms. The molecule has 1 fully saturated rings. The second-order valence-corrected chi connectivity index (χ2v) is 8.47. The van der Waals surface area contributed by atoms with Crippen LogP contribution >= 0.6 is 0 Å². The maximum atomic E-state index is 12.7. The summed E-state index contributed by atoms with van der Waals surface area (Å²) in [6.45, 7) is 5.69. The molecule has 0 radical (unpaired) electrons. The fourth-order valence-corrected chi connectivity index (χ4v) is 4.61.